The summed E-state index contributed by atoms with van der Waals surface area (Å²) in [5.74, 6) is -0.0110. The van der Waals surface area contributed by atoms with Crippen molar-refractivity contribution in [3.63, 3.8) is 0 Å². The Hall–Kier alpha value is -3.64. The van der Waals surface area contributed by atoms with Crippen LogP contribution in [0.25, 0.3) is 5.69 Å². The predicted molar refractivity (Wildman–Crippen MR) is 134 cm³/mol. The number of pyridine rings is 1. The van der Waals surface area contributed by atoms with Gasteiger partial charge in [0.1, 0.15) is 11.4 Å². The molecule has 0 saturated carbocycles. The molecule has 1 aliphatic carbocycles. The number of ether oxygens (including phenoxy) is 2. The third-order valence-corrected chi connectivity index (χ3v) is 6.72. The number of anilines is 2. The maximum absolute atomic E-state index is 13.2. The zero-order valence-corrected chi connectivity index (χ0v) is 20.7. The summed E-state index contributed by atoms with van der Waals surface area (Å²) in [6.45, 7) is 4.67. The molecule has 0 amide bonds. The van der Waals surface area contributed by atoms with E-state index in [0.29, 0.717) is 36.5 Å². The van der Waals surface area contributed by atoms with E-state index in [4.69, 9.17) is 4.74 Å². The lowest BCUT2D eigenvalue weighted by molar-refractivity contribution is -0.274. The summed E-state index contributed by atoms with van der Waals surface area (Å²) in [6.07, 6.45) is -0.288. The summed E-state index contributed by atoms with van der Waals surface area (Å²) < 4.78 is 49.7. The zero-order chi connectivity index (χ0) is 26.7. The van der Waals surface area contributed by atoms with E-state index in [2.05, 4.69) is 20.1 Å². The molecule has 0 atom stereocenters. The van der Waals surface area contributed by atoms with E-state index in [0.717, 1.165) is 68.1 Å². The van der Waals surface area contributed by atoms with Crippen LogP contribution in [-0.4, -0.2) is 58.5 Å². The molecule has 9 nitrogen and oxygen atoms in total. The van der Waals surface area contributed by atoms with Crippen LogP contribution in [0.2, 0.25) is 0 Å². The lowest BCUT2D eigenvalue weighted by Crippen LogP contribution is -2.37. The molecule has 0 radical (unpaired) electrons. The average molecular weight is 532 g/mol. The van der Waals surface area contributed by atoms with E-state index in [1.807, 2.05) is 0 Å². The molecule has 5 rings (SSSR count). The molecule has 202 valence electrons. The second-order valence-corrected chi connectivity index (χ2v) is 9.27. The predicted octanol–water partition coefficient (Wildman–Crippen LogP) is 3.25. The highest BCUT2D eigenvalue weighted by Crippen LogP contribution is 2.28. The van der Waals surface area contributed by atoms with Gasteiger partial charge in [0, 0.05) is 43.5 Å². The van der Waals surface area contributed by atoms with Crippen molar-refractivity contribution < 1.29 is 22.6 Å². The number of nitrogens with one attached hydrogen (secondary N) is 1. The van der Waals surface area contributed by atoms with Crippen molar-refractivity contribution in [2.45, 2.75) is 38.6 Å². The van der Waals surface area contributed by atoms with Gasteiger partial charge in [0.25, 0.3) is 11.1 Å². The first kappa shape index (κ1) is 26.0. The van der Waals surface area contributed by atoms with Crippen LogP contribution >= 0.6 is 0 Å². The van der Waals surface area contributed by atoms with E-state index < -0.39 is 12.1 Å². The van der Waals surface area contributed by atoms with Crippen LogP contribution in [0.1, 0.15) is 24.0 Å². The van der Waals surface area contributed by atoms with Crippen molar-refractivity contribution in [3.8, 4) is 11.4 Å². The first-order chi connectivity index (χ1) is 18.3. The van der Waals surface area contributed by atoms with Crippen molar-refractivity contribution in [2.75, 3.05) is 38.2 Å². The topological polar surface area (TPSA) is 90.6 Å². The van der Waals surface area contributed by atoms with Gasteiger partial charge in [-0.3, -0.25) is 14.5 Å². The number of aryl methyl sites for hydroxylation is 1. The largest absolute Gasteiger partial charge is 0.573 e. The average Bonchev–Trinajstić information content (AvgIpc) is 3.39. The molecule has 1 fully saturated rings. The normalized spacial score (nSPS) is 15.9. The number of benzene rings is 1. The van der Waals surface area contributed by atoms with Crippen molar-refractivity contribution in [3.05, 3.63) is 74.4 Å². The van der Waals surface area contributed by atoms with Crippen molar-refractivity contribution in [1.82, 2.24) is 19.2 Å². The number of morpholine rings is 1. The Bertz CT molecular complexity index is 1400. The number of hydrogen-bond acceptors (Lipinski definition) is 7. The highest BCUT2D eigenvalue weighted by Gasteiger charge is 2.31. The summed E-state index contributed by atoms with van der Waals surface area (Å²) in [5, 5.41) is 7.60. The van der Waals surface area contributed by atoms with Crippen LogP contribution in [0.4, 0.5) is 24.7 Å². The molecule has 0 spiro atoms. The van der Waals surface area contributed by atoms with Gasteiger partial charge in [0.05, 0.1) is 18.9 Å². The Balaban J connectivity index is 1.38. The highest BCUT2D eigenvalue weighted by molar-refractivity contribution is 5.61. The molecule has 1 aliphatic heterocycles. The van der Waals surface area contributed by atoms with E-state index in [1.54, 1.807) is 22.9 Å². The summed E-state index contributed by atoms with van der Waals surface area (Å²) in [4.78, 5) is 28.6. The molecule has 1 saturated heterocycles. The maximum Gasteiger partial charge on any atom is 0.573 e. The summed E-state index contributed by atoms with van der Waals surface area (Å²) in [5.41, 5.74) is 1.43. The van der Waals surface area contributed by atoms with Gasteiger partial charge in [-0.25, -0.2) is 0 Å². The highest BCUT2D eigenvalue weighted by atomic mass is 19.4. The van der Waals surface area contributed by atoms with Crippen LogP contribution < -0.4 is 21.2 Å². The molecule has 0 bridgehead atoms. The Morgan fingerprint density at radius 3 is 2.45 bits per heavy atom. The van der Waals surface area contributed by atoms with Gasteiger partial charge in [-0.15, -0.1) is 18.3 Å². The van der Waals surface area contributed by atoms with E-state index in [1.165, 1.54) is 12.1 Å². The van der Waals surface area contributed by atoms with Gasteiger partial charge >= 0.3 is 6.36 Å². The van der Waals surface area contributed by atoms with Gasteiger partial charge in [-0.1, -0.05) is 0 Å². The van der Waals surface area contributed by atoms with E-state index >= 15 is 0 Å². The lowest BCUT2D eigenvalue weighted by atomic mass is 10.2. The number of alkyl halides is 3. The second kappa shape index (κ2) is 11.0. The number of nitrogens with zero attached hydrogens (tertiary/aromatic N) is 4. The zero-order valence-electron chi connectivity index (χ0n) is 20.7. The van der Waals surface area contributed by atoms with Gasteiger partial charge < -0.3 is 19.4 Å². The number of aromatic nitrogens is 3. The number of hydrogen-bond donors (Lipinski definition) is 1. The van der Waals surface area contributed by atoms with E-state index in [9.17, 15) is 22.8 Å². The van der Waals surface area contributed by atoms with E-state index in [-0.39, 0.29) is 16.8 Å². The molecule has 0 unspecified atom stereocenters. The van der Waals surface area contributed by atoms with Gasteiger partial charge in [0.15, 0.2) is 5.82 Å². The molecule has 3 aromatic rings. The number of rotatable bonds is 8. The Morgan fingerprint density at radius 2 is 1.71 bits per heavy atom. The van der Waals surface area contributed by atoms with Gasteiger partial charge in [-0.2, -0.15) is 4.68 Å². The minimum Gasteiger partial charge on any atom is -0.406 e. The molecule has 2 aromatic heterocycles. The molecule has 12 heteroatoms. The summed E-state index contributed by atoms with van der Waals surface area (Å²) in [7, 11) is 0. The summed E-state index contributed by atoms with van der Waals surface area (Å²) in [6, 6.07) is 8.39. The molecular weight excluding hydrogens is 503 g/mol. The minimum absolute atomic E-state index is 0.200. The first-order valence-electron chi connectivity index (χ1n) is 12.6. The monoisotopic (exact) mass is 531 g/mol. The quantitative estimate of drug-likeness (QED) is 0.477. The third-order valence-electron chi connectivity index (χ3n) is 6.72. The number of halogens is 3. The minimum atomic E-state index is -4.81. The van der Waals surface area contributed by atoms with Crippen molar-refractivity contribution >= 4 is 11.5 Å². The van der Waals surface area contributed by atoms with Crippen LogP contribution in [0, 0.1) is 0 Å². The fraction of sp³-hybridized carbons (Fsp3) is 0.423. The smallest absolute Gasteiger partial charge is 0.406 e. The first-order valence-corrected chi connectivity index (χ1v) is 12.6. The Kier molecular flexibility index (Phi) is 7.52. The molecular formula is C26H28F3N5O4. The van der Waals surface area contributed by atoms with Crippen LogP contribution in [0.3, 0.4) is 0 Å². The number of fused-ring (bicyclic) bond motifs is 1. The Labute approximate surface area is 216 Å². The van der Waals surface area contributed by atoms with Gasteiger partial charge in [-0.05, 0) is 62.1 Å². The molecule has 1 N–H and O–H groups in total. The molecule has 38 heavy (non-hydrogen) atoms. The van der Waals surface area contributed by atoms with Crippen LogP contribution in [0.5, 0.6) is 5.75 Å². The lowest BCUT2D eigenvalue weighted by Gasteiger charge is -2.26. The fourth-order valence-corrected chi connectivity index (χ4v) is 4.86. The van der Waals surface area contributed by atoms with Gasteiger partial charge in [0.2, 0.25) is 0 Å². The maximum atomic E-state index is 13.2. The van der Waals surface area contributed by atoms with Crippen molar-refractivity contribution in [1.29, 1.82) is 0 Å². The summed E-state index contributed by atoms with van der Waals surface area (Å²) >= 11 is 0. The van der Waals surface area contributed by atoms with Crippen molar-refractivity contribution in [2.24, 2.45) is 0 Å². The fourth-order valence-electron chi connectivity index (χ4n) is 4.86. The van der Waals surface area contributed by atoms with Crippen LogP contribution in [0.15, 0.2) is 52.2 Å². The van der Waals surface area contributed by atoms with Crippen LogP contribution in [-0.2, 0) is 24.1 Å². The molecule has 1 aromatic carbocycles. The third kappa shape index (κ3) is 5.91. The standard InChI is InChI=1S/C26H28F3N5O4/c27-26(28,29)38-19-9-7-18(8-10-19)34-24(35)21-5-1-4-20(21)23(31-34)30-22-6-2-12-33(25(22)36)13-3-11-32-14-16-37-17-15-32/h2,6-10,12H,1,3-5,11,13-17H2,(H,30,31). The molecule has 3 heterocycles. The Morgan fingerprint density at radius 1 is 0.974 bits per heavy atom. The SMILES string of the molecule is O=c1c(Nc2nn(-c3ccc(OC(F)(F)F)cc3)c(=O)c3c2CCC3)cccn1CCCN1CCOCC1. The second-order valence-electron chi connectivity index (χ2n) is 9.27. The molecule has 2 aliphatic rings.